The largest absolute Gasteiger partial charge is 0.491 e. The molecule has 2 aromatic rings. The standard InChI is InChI=1S/C22H24N4O3/c23-14-17-1-3-18(4-2-17)22(28)16-25-7-9-26(10-8-25)21-6-5-20(29-12-11-27)13-19(21)15-24/h1-6,13,22,27-28H,7-12,16H2. The van der Waals surface area contributed by atoms with E-state index in [1.807, 2.05) is 12.1 Å². The van der Waals surface area contributed by atoms with Gasteiger partial charge in [0.15, 0.2) is 0 Å². The van der Waals surface area contributed by atoms with Crippen LogP contribution < -0.4 is 9.64 Å². The number of anilines is 1. The van der Waals surface area contributed by atoms with Gasteiger partial charge in [0.1, 0.15) is 18.4 Å². The number of nitriles is 2. The van der Waals surface area contributed by atoms with E-state index in [1.165, 1.54) is 0 Å². The number of piperazine rings is 1. The van der Waals surface area contributed by atoms with E-state index in [0.29, 0.717) is 23.4 Å². The predicted octanol–water partition coefficient (Wildman–Crippen LogP) is 1.66. The highest BCUT2D eigenvalue weighted by Crippen LogP contribution is 2.26. The van der Waals surface area contributed by atoms with E-state index in [2.05, 4.69) is 21.9 Å². The number of benzene rings is 2. The number of aliphatic hydroxyl groups is 2. The maximum atomic E-state index is 10.5. The number of aliphatic hydroxyl groups excluding tert-OH is 2. The van der Waals surface area contributed by atoms with Crippen LogP contribution in [0.3, 0.4) is 0 Å². The third kappa shape index (κ3) is 5.24. The lowest BCUT2D eigenvalue weighted by Crippen LogP contribution is -2.47. The fourth-order valence-corrected chi connectivity index (χ4v) is 3.43. The van der Waals surface area contributed by atoms with Gasteiger partial charge in [-0.15, -0.1) is 0 Å². The van der Waals surface area contributed by atoms with E-state index in [9.17, 15) is 10.4 Å². The van der Waals surface area contributed by atoms with Crippen LogP contribution in [0.5, 0.6) is 5.75 Å². The summed E-state index contributed by atoms with van der Waals surface area (Å²) < 4.78 is 5.38. The summed E-state index contributed by atoms with van der Waals surface area (Å²) in [5.74, 6) is 0.573. The van der Waals surface area contributed by atoms with E-state index in [1.54, 1.807) is 30.3 Å². The molecule has 3 rings (SSSR count). The lowest BCUT2D eigenvalue weighted by Gasteiger charge is -2.37. The fraction of sp³-hybridized carbons (Fsp3) is 0.364. The van der Waals surface area contributed by atoms with Crippen LogP contribution in [0.15, 0.2) is 42.5 Å². The molecule has 2 N–H and O–H groups in total. The number of nitrogens with zero attached hydrogens (tertiary/aromatic N) is 4. The van der Waals surface area contributed by atoms with E-state index in [-0.39, 0.29) is 13.2 Å². The zero-order chi connectivity index (χ0) is 20.6. The van der Waals surface area contributed by atoms with E-state index in [0.717, 1.165) is 37.4 Å². The summed E-state index contributed by atoms with van der Waals surface area (Å²) in [6, 6.07) is 16.7. The third-order valence-corrected chi connectivity index (χ3v) is 5.02. The highest BCUT2D eigenvalue weighted by Gasteiger charge is 2.22. The number of hydrogen-bond acceptors (Lipinski definition) is 7. The van der Waals surface area contributed by atoms with Crippen LogP contribution in [-0.4, -0.2) is 61.1 Å². The normalized spacial score (nSPS) is 15.4. The minimum Gasteiger partial charge on any atom is -0.491 e. The molecule has 7 heteroatoms. The molecule has 1 aliphatic heterocycles. The topological polar surface area (TPSA) is 104 Å². The second-order valence-corrected chi connectivity index (χ2v) is 6.90. The molecule has 7 nitrogen and oxygen atoms in total. The second kappa shape index (κ2) is 9.90. The first kappa shape index (κ1) is 20.6. The molecule has 1 saturated heterocycles. The van der Waals surface area contributed by atoms with Gasteiger partial charge >= 0.3 is 0 Å². The van der Waals surface area contributed by atoms with Gasteiger partial charge < -0.3 is 19.8 Å². The van der Waals surface area contributed by atoms with Crippen molar-refractivity contribution < 1.29 is 14.9 Å². The summed E-state index contributed by atoms with van der Waals surface area (Å²) in [5.41, 5.74) is 2.80. The van der Waals surface area contributed by atoms with Gasteiger partial charge in [0.25, 0.3) is 0 Å². The Morgan fingerprint density at radius 3 is 2.34 bits per heavy atom. The SMILES string of the molecule is N#Cc1ccc(C(O)CN2CCN(c3ccc(OCCO)cc3C#N)CC2)cc1. The smallest absolute Gasteiger partial charge is 0.120 e. The first-order valence-electron chi connectivity index (χ1n) is 9.58. The number of hydrogen-bond donors (Lipinski definition) is 2. The van der Waals surface area contributed by atoms with Crippen molar-refractivity contribution in [1.29, 1.82) is 10.5 Å². The Kier molecular flexibility index (Phi) is 7.04. The van der Waals surface area contributed by atoms with Crippen molar-refractivity contribution in [3.05, 3.63) is 59.2 Å². The molecule has 1 aliphatic rings. The van der Waals surface area contributed by atoms with Crippen LogP contribution in [0.2, 0.25) is 0 Å². The summed E-state index contributed by atoms with van der Waals surface area (Å²) >= 11 is 0. The van der Waals surface area contributed by atoms with Gasteiger partial charge in [-0.3, -0.25) is 4.90 Å². The quantitative estimate of drug-likeness (QED) is 0.738. The van der Waals surface area contributed by atoms with Crippen LogP contribution in [-0.2, 0) is 0 Å². The zero-order valence-corrected chi connectivity index (χ0v) is 16.2. The van der Waals surface area contributed by atoms with E-state index in [4.69, 9.17) is 15.1 Å². The molecule has 0 radical (unpaired) electrons. The first-order valence-corrected chi connectivity index (χ1v) is 9.58. The van der Waals surface area contributed by atoms with Gasteiger partial charge in [-0.25, -0.2) is 0 Å². The van der Waals surface area contributed by atoms with Crippen molar-refractivity contribution >= 4 is 5.69 Å². The Bertz CT molecular complexity index is 894. The van der Waals surface area contributed by atoms with Gasteiger partial charge in [-0.1, -0.05) is 12.1 Å². The molecule has 0 spiro atoms. The van der Waals surface area contributed by atoms with E-state index < -0.39 is 6.10 Å². The molecule has 0 bridgehead atoms. The van der Waals surface area contributed by atoms with Crippen molar-refractivity contribution in [2.24, 2.45) is 0 Å². The van der Waals surface area contributed by atoms with Crippen molar-refractivity contribution in [3.8, 4) is 17.9 Å². The van der Waals surface area contributed by atoms with Crippen LogP contribution in [0.25, 0.3) is 0 Å². The van der Waals surface area contributed by atoms with Gasteiger partial charge in [-0.2, -0.15) is 10.5 Å². The zero-order valence-electron chi connectivity index (χ0n) is 16.2. The summed E-state index contributed by atoms with van der Waals surface area (Å²) in [7, 11) is 0. The van der Waals surface area contributed by atoms with Crippen LogP contribution in [0.4, 0.5) is 5.69 Å². The molecule has 0 aliphatic carbocycles. The summed E-state index contributed by atoms with van der Waals surface area (Å²) in [5, 5.41) is 37.7. The molecule has 0 amide bonds. The molecule has 1 atom stereocenters. The van der Waals surface area contributed by atoms with Gasteiger partial charge in [0.2, 0.25) is 0 Å². The maximum absolute atomic E-state index is 10.5. The van der Waals surface area contributed by atoms with Crippen molar-refractivity contribution in [2.45, 2.75) is 6.10 Å². The monoisotopic (exact) mass is 392 g/mol. The van der Waals surface area contributed by atoms with Gasteiger partial charge in [0.05, 0.1) is 35.6 Å². The average Bonchev–Trinajstić information content (AvgIpc) is 2.78. The molecule has 0 saturated carbocycles. The maximum Gasteiger partial charge on any atom is 0.120 e. The second-order valence-electron chi connectivity index (χ2n) is 6.90. The molecule has 150 valence electrons. The summed E-state index contributed by atoms with van der Waals surface area (Å²) in [4.78, 5) is 4.36. The molecule has 1 heterocycles. The molecular formula is C22H24N4O3. The Labute approximate surface area is 170 Å². The lowest BCUT2D eigenvalue weighted by molar-refractivity contribution is 0.109. The molecule has 29 heavy (non-hydrogen) atoms. The Balaban J connectivity index is 1.57. The minimum atomic E-state index is -0.605. The van der Waals surface area contributed by atoms with Crippen molar-refractivity contribution in [3.63, 3.8) is 0 Å². The molecular weight excluding hydrogens is 368 g/mol. The fourth-order valence-electron chi connectivity index (χ4n) is 3.43. The Hall–Kier alpha value is -3.10. The summed E-state index contributed by atoms with van der Waals surface area (Å²) in [6.07, 6.45) is -0.605. The number of ether oxygens (including phenoxy) is 1. The van der Waals surface area contributed by atoms with Gasteiger partial charge in [0, 0.05) is 32.7 Å². The average molecular weight is 392 g/mol. The van der Waals surface area contributed by atoms with Gasteiger partial charge in [-0.05, 0) is 35.9 Å². The Morgan fingerprint density at radius 1 is 1.00 bits per heavy atom. The van der Waals surface area contributed by atoms with Crippen molar-refractivity contribution in [2.75, 3.05) is 50.8 Å². The molecule has 1 unspecified atom stereocenters. The molecule has 2 aromatic carbocycles. The van der Waals surface area contributed by atoms with E-state index >= 15 is 0 Å². The summed E-state index contributed by atoms with van der Waals surface area (Å²) in [6.45, 7) is 3.72. The number of β-amino-alcohol motifs (C(OH)–C–C–N with tert-alkyl or cyclic N) is 1. The van der Waals surface area contributed by atoms with Crippen LogP contribution in [0, 0.1) is 22.7 Å². The highest BCUT2D eigenvalue weighted by atomic mass is 16.5. The van der Waals surface area contributed by atoms with Crippen molar-refractivity contribution in [1.82, 2.24) is 4.90 Å². The predicted molar refractivity (Wildman–Crippen MR) is 109 cm³/mol. The number of rotatable bonds is 7. The molecule has 1 fully saturated rings. The minimum absolute atomic E-state index is 0.0695. The Morgan fingerprint density at radius 2 is 1.72 bits per heavy atom. The third-order valence-electron chi connectivity index (χ3n) is 5.02. The first-order chi connectivity index (χ1) is 14.1. The molecule has 0 aromatic heterocycles. The lowest BCUT2D eigenvalue weighted by atomic mass is 10.1. The van der Waals surface area contributed by atoms with Crippen LogP contribution >= 0.6 is 0 Å². The van der Waals surface area contributed by atoms with Crippen LogP contribution in [0.1, 0.15) is 22.8 Å². The highest BCUT2D eigenvalue weighted by molar-refractivity contribution is 5.62.